The first-order valence-electron chi connectivity index (χ1n) is 14.5. The Morgan fingerprint density at radius 1 is 0.769 bits per heavy atom. The third-order valence-electron chi connectivity index (χ3n) is 8.21. The van der Waals surface area contributed by atoms with Crippen LogP contribution in [0.25, 0.3) is 0 Å². The van der Waals surface area contributed by atoms with Crippen molar-refractivity contribution in [2.45, 2.75) is 64.6 Å². The van der Waals surface area contributed by atoms with Gasteiger partial charge >= 0.3 is 0 Å². The lowest BCUT2D eigenvalue weighted by atomic mass is 9.92. The molecule has 1 saturated heterocycles. The molecule has 0 saturated carbocycles. The van der Waals surface area contributed by atoms with E-state index in [1.54, 1.807) is 0 Å². The minimum atomic E-state index is -0.0324. The predicted molar refractivity (Wildman–Crippen MR) is 169 cm³/mol. The zero-order valence-corrected chi connectivity index (χ0v) is 24.7. The van der Waals surface area contributed by atoms with E-state index >= 15 is 0 Å². The van der Waals surface area contributed by atoms with Gasteiger partial charge < -0.3 is 9.64 Å². The lowest BCUT2D eigenvalue weighted by Gasteiger charge is -2.36. The van der Waals surface area contributed by atoms with Crippen molar-refractivity contribution in [1.29, 1.82) is 0 Å². The molecule has 1 aliphatic heterocycles. The second-order valence-electron chi connectivity index (χ2n) is 11.1. The maximum atomic E-state index is 6.78. The molecular weight excluding hydrogens is 493 g/mol. The summed E-state index contributed by atoms with van der Waals surface area (Å²) in [6.45, 7) is 10.0. The number of hydrogen-bond donors (Lipinski definition) is 0. The summed E-state index contributed by atoms with van der Waals surface area (Å²) in [5, 5.41) is 1.49. The number of para-hydroxylation sites is 1. The number of ether oxygens (including phenoxy) is 1. The highest BCUT2D eigenvalue weighted by Crippen LogP contribution is 2.50. The molecule has 0 radical (unpaired) electrons. The van der Waals surface area contributed by atoms with Gasteiger partial charge in [-0.05, 0) is 66.2 Å². The van der Waals surface area contributed by atoms with Gasteiger partial charge in [0.15, 0.2) is 0 Å². The van der Waals surface area contributed by atoms with Crippen molar-refractivity contribution in [2.75, 3.05) is 18.0 Å². The molecule has 0 amide bonds. The van der Waals surface area contributed by atoms with Crippen molar-refractivity contribution in [3.8, 4) is 5.75 Å². The minimum absolute atomic E-state index is 0.0324. The molecule has 3 heteroatoms. The Balaban J connectivity index is 1.54. The van der Waals surface area contributed by atoms with Crippen LogP contribution in [0.1, 0.15) is 67.3 Å². The van der Waals surface area contributed by atoms with Crippen molar-refractivity contribution < 1.29 is 4.74 Å². The maximum Gasteiger partial charge on any atom is 0.127 e. The predicted octanol–water partition coefficient (Wildman–Crippen LogP) is 8.78. The number of benzene rings is 4. The summed E-state index contributed by atoms with van der Waals surface area (Å²) >= 11 is 0. The van der Waals surface area contributed by atoms with E-state index in [-0.39, 0.29) is 5.16 Å². The summed E-state index contributed by atoms with van der Waals surface area (Å²) in [6, 6.07) is 35.0. The number of nitrogens with zero attached hydrogens (tertiary/aromatic N) is 1. The SMILES string of the molecule is CCC(C)(Pc1c(C)cccc1N1CCCCC1)c1cccc(Cc2ccccc2)c1OCc1ccccc1. The first-order chi connectivity index (χ1) is 19.1. The van der Waals surface area contributed by atoms with Crippen LogP contribution in [0.3, 0.4) is 0 Å². The molecule has 1 aliphatic rings. The second kappa shape index (κ2) is 12.8. The molecule has 202 valence electrons. The molecule has 0 N–H and O–H groups in total. The maximum absolute atomic E-state index is 6.78. The fourth-order valence-corrected chi connectivity index (χ4v) is 7.42. The molecule has 1 heterocycles. The molecule has 4 aromatic rings. The monoisotopic (exact) mass is 535 g/mol. The summed E-state index contributed by atoms with van der Waals surface area (Å²) in [7, 11) is 0.658. The molecule has 2 atom stereocenters. The van der Waals surface area contributed by atoms with Gasteiger partial charge in [0.2, 0.25) is 0 Å². The molecule has 0 aliphatic carbocycles. The van der Waals surface area contributed by atoms with Gasteiger partial charge in [-0.25, -0.2) is 0 Å². The van der Waals surface area contributed by atoms with Crippen molar-refractivity contribution in [1.82, 2.24) is 0 Å². The van der Waals surface area contributed by atoms with Crippen LogP contribution < -0.4 is 14.9 Å². The molecule has 2 unspecified atom stereocenters. The van der Waals surface area contributed by atoms with Crippen LogP contribution in [0, 0.1) is 6.92 Å². The van der Waals surface area contributed by atoms with Gasteiger partial charge in [0.1, 0.15) is 12.4 Å². The van der Waals surface area contributed by atoms with E-state index in [9.17, 15) is 0 Å². The normalized spacial score (nSPS) is 15.4. The van der Waals surface area contributed by atoms with Crippen LogP contribution in [0.15, 0.2) is 97.1 Å². The Bertz CT molecular complexity index is 1350. The molecule has 0 spiro atoms. The van der Waals surface area contributed by atoms with Crippen LogP contribution in [0.2, 0.25) is 0 Å². The Hall–Kier alpha value is -3.09. The number of piperidine rings is 1. The largest absolute Gasteiger partial charge is 0.488 e. The van der Waals surface area contributed by atoms with E-state index in [0.29, 0.717) is 15.2 Å². The van der Waals surface area contributed by atoms with E-state index in [4.69, 9.17) is 4.74 Å². The van der Waals surface area contributed by atoms with Gasteiger partial charge in [0, 0.05) is 35.9 Å². The Morgan fingerprint density at radius 3 is 2.13 bits per heavy atom. The smallest absolute Gasteiger partial charge is 0.127 e. The summed E-state index contributed by atoms with van der Waals surface area (Å²) in [6.07, 6.45) is 5.85. The lowest BCUT2D eigenvalue weighted by Crippen LogP contribution is -2.33. The summed E-state index contributed by atoms with van der Waals surface area (Å²) in [5.74, 6) is 1.06. The molecule has 1 fully saturated rings. The quantitative estimate of drug-likeness (QED) is 0.188. The minimum Gasteiger partial charge on any atom is -0.488 e. The van der Waals surface area contributed by atoms with Crippen molar-refractivity contribution >= 4 is 19.6 Å². The topological polar surface area (TPSA) is 12.5 Å². The number of hydrogen-bond acceptors (Lipinski definition) is 2. The van der Waals surface area contributed by atoms with Gasteiger partial charge in [0.05, 0.1) is 0 Å². The highest BCUT2D eigenvalue weighted by atomic mass is 31.1. The summed E-state index contributed by atoms with van der Waals surface area (Å²) in [4.78, 5) is 2.63. The zero-order valence-electron chi connectivity index (χ0n) is 23.7. The molecule has 4 aromatic carbocycles. The van der Waals surface area contributed by atoms with Crippen molar-refractivity contribution in [2.24, 2.45) is 0 Å². The van der Waals surface area contributed by atoms with E-state index in [2.05, 4.69) is 123 Å². The number of rotatable bonds is 10. The van der Waals surface area contributed by atoms with Crippen LogP contribution >= 0.6 is 8.58 Å². The van der Waals surface area contributed by atoms with Crippen LogP contribution in [-0.2, 0) is 18.2 Å². The Morgan fingerprint density at radius 2 is 1.44 bits per heavy atom. The van der Waals surface area contributed by atoms with Crippen LogP contribution in [-0.4, -0.2) is 13.1 Å². The average molecular weight is 536 g/mol. The molecule has 2 nitrogen and oxygen atoms in total. The Kier molecular flexibility index (Phi) is 9.05. The van der Waals surface area contributed by atoms with E-state index < -0.39 is 0 Å². The first-order valence-corrected chi connectivity index (χ1v) is 15.5. The van der Waals surface area contributed by atoms with Gasteiger partial charge in [-0.1, -0.05) is 113 Å². The fraction of sp³-hybridized carbons (Fsp3) is 0.333. The van der Waals surface area contributed by atoms with Gasteiger partial charge in [-0.2, -0.15) is 0 Å². The lowest BCUT2D eigenvalue weighted by molar-refractivity contribution is 0.297. The van der Waals surface area contributed by atoms with Crippen LogP contribution in [0.5, 0.6) is 5.75 Å². The van der Waals surface area contributed by atoms with Gasteiger partial charge in [0.25, 0.3) is 0 Å². The fourth-order valence-electron chi connectivity index (χ4n) is 5.71. The van der Waals surface area contributed by atoms with Gasteiger partial charge in [-0.15, -0.1) is 0 Å². The van der Waals surface area contributed by atoms with Crippen LogP contribution in [0.4, 0.5) is 5.69 Å². The van der Waals surface area contributed by atoms with E-state index in [1.165, 1.54) is 71.2 Å². The standard InChI is InChI=1S/C36H42NOP/c1-4-36(3,39-35-28(2)16-14-23-33(35)37-24-12-7-13-25-37)32-22-15-21-31(26-29-17-8-5-9-18-29)34(32)38-27-30-19-10-6-11-20-30/h5-6,8-11,14-23,39H,4,7,12-13,24-27H2,1-3H3. The van der Waals surface area contributed by atoms with Crippen molar-refractivity contribution in [3.05, 3.63) is 125 Å². The molecule has 39 heavy (non-hydrogen) atoms. The summed E-state index contributed by atoms with van der Waals surface area (Å²) < 4.78 is 6.78. The van der Waals surface area contributed by atoms with Gasteiger partial charge in [-0.3, -0.25) is 0 Å². The molecular formula is C36H42NOP. The molecule has 0 aromatic heterocycles. The number of aryl methyl sites for hydroxylation is 1. The third-order valence-corrected chi connectivity index (χ3v) is 10.3. The molecule has 5 rings (SSSR count). The van der Waals surface area contributed by atoms with Crippen molar-refractivity contribution in [3.63, 3.8) is 0 Å². The molecule has 0 bridgehead atoms. The highest BCUT2D eigenvalue weighted by molar-refractivity contribution is 7.49. The highest BCUT2D eigenvalue weighted by Gasteiger charge is 2.32. The zero-order chi connectivity index (χ0) is 27.1. The summed E-state index contributed by atoms with van der Waals surface area (Å²) in [5.41, 5.74) is 7.96. The first kappa shape index (κ1) is 27.5. The number of anilines is 1. The van der Waals surface area contributed by atoms with E-state index in [1.807, 2.05) is 0 Å². The van der Waals surface area contributed by atoms with E-state index in [0.717, 1.165) is 18.6 Å². The second-order valence-corrected chi connectivity index (χ2v) is 12.9. The Labute approximate surface area is 237 Å². The third kappa shape index (κ3) is 6.56. The average Bonchev–Trinajstić information content (AvgIpc) is 2.99.